The second kappa shape index (κ2) is 4.44. The van der Waals surface area contributed by atoms with Crippen LogP contribution in [0.3, 0.4) is 0 Å². The van der Waals surface area contributed by atoms with Crippen LogP contribution in [0.15, 0.2) is 22.7 Å². The number of hydrogen-bond donors (Lipinski definition) is 0. The van der Waals surface area contributed by atoms with Crippen LogP contribution in [0.25, 0.3) is 0 Å². The van der Waals surface area contributed by atoms with E-state index in [1.165, 1.54) is 6.07 Å². The summed E-state index contributed by atoms with van der Waals surface area (Å²) < 4.78 is 14.2. The van der Waals surface area contributed by atoms with Gasteiger partial charge in [-0.25, -0.2) is 4.39 Å². The lowest BCUT2D eigenvalue weighted by atomic mass is 9.96. The third-order valence-electron chi connectivity index (χ3n) is 2.92. The molecule has 0 aliphatic heterocycles. The van der Waals surface area contributed by atoms with Gasteiger partial charge >= 0.3 is 0 Å². The highest BCUT2D eigenvalue weighted by atomic mass is 79.9. The second-order valence-electron chi connectivity index (χ2n) is 3.97. The molecule has 1 nitrogen and oxygen atoms in total. The highest BCUT2D eigenvalue weighted by molar-refractivity contribution is 9.10. The van der Waals surface area contributed by atoms with Crippen molar-refractivity contribution in [2.24, 2.45) is 5.92 Å². The summed E-state index contributed by atoms with van der Waals surface area (Å²) in [7, 11) is 0. The quantitative estimate of drug-likeness (QED) is 0.744. The van der Waals surface area contributed by atoms with Gasteiger partial charge < -0.3 is 0 Å². The van der Waals surface area contributed by atoms with Gasteiger partial charge in [0, 0.05) is 10.4 Å². The molecular weight excluding hydrogens is 259 g/mol. The number of benzene rings is 1. The molecule has 2 rings (SSSR count). The van der Waals surface area contributed by atoms with E-state index >= 15 is 0 Å². The molecule has 1 fully saturated rings. The molecule has 0 N–H and O–H groups in total. The van der Waals surface area contributed by atoms with E-state index in [0.717, 1.165) is 30.2 Å². The van der Waals surface area contributed by atoms with Crippen LogP contribution in [-0.4, -0.2) is 5.78 Å². The largest absolute Gasteiger partial charge is 0.294 e. The molecule has 0 heterocycles. The van der Waals surface area contributed by atoms with Crippen LogP contribution in [0.4, 0.5) is 4.39 Å². The topological polar surface area (TPSA) is 17.1 Å². The molecule has 1 aromatic carbocycles. The Morgan fingerprint density at radius 2 is 2.00 bits per heavy atom. The molecule has 0 saturated heterocycles. The first-order chi connectivity index (χ1) is 7.18. The normalized spacial score (nSPS) is 16.9. The minimum atomic E-state index is -0.407. The fraction of sp³-hybridized carbons (Fsp3) is 0.417. The maximum Gasteiger partial charge on any atom is 0.168 e. The Bertz CT molecular complexity index is 383. The molecule has 80 valence electrons. The summed E-state index contributed by atoms with van der Waals surface area (Å²) in [4.78, 5) is 12.0. The van der Waals surface area contributed by atoms with Crippen molar-refractivity contribution in [2.75, 3.05) is 0 Å². The summed E-state index contributed by atoms with van der Waals surface area (Å²) in [6.45, 7) is 0. The SMILES string of the molecule is O=C(c1cc(Br)ccc1F)C1CCCC1. The smallest absolute Gasteiger partial charge is 0.168 e. The first-order valence-electron chi connectivity index (χ1n) is 5.18. The number of carbonyl (C=O) groups is 1. The van der Waals surface area contributed by atoms with Gasteiger partial charge in [0.2, 0.25) is 0 Å². The van der Waals surface area contributed by atoms with E-state index in [0.29, 0.717) is 0 Å². The lowest BCUT2D eigenvalue weighted by Gasteiger charge is -2.08. The van der Waals surface area contributed by atoms with E-state index in [4.69, 9.17) is 0 Å². The zero-order valence-electron chi connectivity index (χ0n) is 8.30. The van der Waals surface area contributed by atoms with Crippen molar-refractivity contribution in [1.29, 1.82) is 0 Å². The first kappa shape index (κ1) is 10.8. The number of rotatable bonds is 2. The Kier molecular flexibility index (Phi) is 3.19. The molecule has 0 atom stereocenters. The highest BCUT2D eigenvalue weighted by Gasteiger charge is 2.25. The lowest BCUT2D eigenvalue weighted by molar-refractivity contribution is 0.0918. The maximum atomic E-state index is 13.4. The van der Waals surface area contributed by atoms with Gasteiger partial charge in [-0.3, -0.25) is 4.79 Å². The summed E-state index contributed by atoms with van der Waals surface area (Å²) in [5, 5.41) is 0. The van der Waals surface area contributed by atoms with Gasteiger partial charge in [0.1, 0.15) is 5.82 Å². The Morgan fingerprint density at radius 1 is 1.33 bits per heavy atom. The van der Waals surface area contributed by atoms with Gasteiger partial charge in [-0.2, -0.15) is 0 Å². The Labute approximate surface area is 96.8 Å². The standard InChI is InChI=1S/C12H12BrFO/c13-9-5-6-11(14)10(7-9)12(15)8-3-1-2-4-8/h5-8H,1-4H2. The van der Waals surface area contributed by atoms with E-state index in [-0.39, 0.29) is 17.3 Å². The van der Waals surface area contributed by atoms with Crippen LogP contribution < -0.4 is 0 Å². The number of Topliss-reactive ketones (excluding diaryl/α,β-unsaturated/α-hetero) is 1. The van der Waals surface area contributed by atoms with Gasteiger partial charge in [0.15, 0.2) is 5.78 Å². The van der Waals surface area contributed by atoms with Crippen LogP contribution in [0.5, 0.6) is 0 Å². The summed E-state index contributed by atoms with van der Waals surface area (Å²) in [6.07, 6.45) is 3.99. The predicted molar refractivity (Wildman–Crippen MR) is 60.4 cm³/mol. The molecule has 1 aliphatic carbocycles. The number of hydrogen-bond acceptors (Lipinski definition) is 1. The van der Waals surface area contributed by atoms with Crippen molar-refractivity contribution in [3.05, 3.63) is 34.1 Å². The molecule has 0 radical (unpaired) electrons. The average molecular weight is 271 g/mol. The molecular formula is C12H12BrFO. The lowest BCUT2D eigenvalue weighted by Crippen LogP contribution is -2.12. The summed E-state index contributed by atoms with van der Waals surface area (Å²) in [6, 6.07) is 4.53. The summed E-state index contributed by atoms with van der Waals surface area (Å²) >= 11 is 3.25. The molecule has 1 aliphatic rings. The summed E-state index contributed by atoms with van der Waals surface area (Å²) in [5.41, 5.74) is 0.233. The van der Waals surface area contributed by atoms with Crippen LogP contribution in [0.1, 0.15) is 36.0 Å². The fourth-order valence-electron chi connectivity index (χ4n) is 2.09. The molecule has 0 aromatic heterocycles. The molecule has 15 heavy (non-hydrogen) atoms. The van der Waals surface area contributed by atoms with Gasteiger partial charge in [-0.05, 0) is 31.0 Å². The molecule has 1 saturated carbocycles. The monoisotopic (exact) mass is 270 g/mol. The van der Waals surface area contributed by atoms with Crippen molar-refractivity contribution in [3.8, 4) is 0 Å². The van der Waals surface area contributed by atoms with Gasteiger partial charge in [-0.1, -0.05) is 28.8 Å². The number of halogens is 2. The van der Waals surface area contributed by atoms with Crippen LogP contribution >= 0.6 is 15.9 Å². The average Bonchev–Trinajstić information content (AvgIpc) is 2.74. The molecule has 1 aromatic rings. The molecule has 0 spiro atoms. The minimum absolute atomic E-state index is 0.0358. The summed E-state index contributed by atoms with van der Waals surface area (Å²) in [5.74, 6) is -0.407. The van der Waals surface area contributed by atoms with Gasteiger partial charge in [0.25, 0.3) is 0 Å². The van der Waals surface area contributed by atoms with Crippen molar-refractivity contribution in [1.82, 2.24) is 0 Å². The molecule has 0 bridgehead atoms. The molecule has 0 amide bonds. The highest BCUT2D eigenvalue weighted by Crippen LogP contribution is 2.29. The Hall–Kier alpha value is -0.700. The number of carbonyl (C=O) groups excluding carboxylic acids is 1. The molecule has 3 heteroatoms. The number of ketones is 1. The van der Waals surface area contributed by atoms with Crippen molar-refractivity contribution >= 4 is 21.7 Å². The van der Waals surface area contributed by atoms with Gasteiger partial charge in [0.05, 0.1) is 5.56 Å². The van der Waals surface area contributed by atoms with E-state index < -0.39 is 5.82 Å². The third-order valence-corrected chi connectivity index (χ3v) is 3.41. The maximum absolute atomic E-state index is 13.4. The molecule has 0 unspecified atom stereocenters. The Morgan fingerprint density at radius 3 is 2.67 bits per heavy atom. The second-order valence-corrected chi connectivity index (χ2v) is 4.89. The van der Waals surface area contributed by atoms with Crippen LogP contribution in [0.2, 0.25) is 0 Å². The van der Waals surface area contributed by atoms with Crippen molar-refractivity contribution in [3.63, 3.8) is 0 Å². The van der Waals surface area contributed by atoms with Crippen molar-refractivity contribution in [2.45, 2.75) is 25.7 Å². The van der Waals surface area contributed by atoms with Crippen LogP contribution in [0, 0.1) is 11.7 Å². The van der Waals surface area contributed by atoms with Gasteiger partial charge in [-0.15, -0.1) is 0 Å². The van der Waals surface area contributed by atoms with E-state index in [9.17, 15) is 9.18 Å². The zero-order chi connectivity index (χ0) is 10.8. The third kappa shape index (κ3) is 2.28. The minimum Gasteiger partial charge on any atom is -0.294 e. The Balaban J connectivity index is 2.27. The van der Waals surface area contributed by atoms with Crippen LogP contribution in [-0.2, 0) is 0 Å². The predicted octanol–water partition coefficient (Wildman–Crippen LogP) is 3.96. The van der Waals surface area contributed by atoms with E-state index in [1.54, 1.807) is 12.1 Å². The zero-order valence-corrected chi connectivity index (χ0v) is 9.89. The van der Waals surface area contributed by atoms with Crippen molar-refractivity contribution < 1.29 is 9.18 Å². The van der Waals surface area contributed by atoms with E-state index in [2.05, 4.69) is 15.9 Å². The fourth-order valence-corrected chi connectivity index (χ4v) is 2.46. The first-order valence-corrected chi connectivity index (χ1v) is 5.97. The van der Waals surface area contributed by atoms with E-state index in [1.807, 2.05) is 0 Å².